The zero-order valence-electron chi connectivity index (χ0n) is 8.30. The summed E-state index contributed by atoms with van der Waals surface area (Å²) in [5.74, 6) is 7.35. The van der Waals surface area contributed by atoms with E-state index in [1.165, 1.54) is 0 Å². The van der Waals surface area contributed by atoms with Crippen molar-refractivity contribution in [3.05, 3.63) is 37.0 Å². The predicted molar refractivity (Wildman–Crippen MR) is 59.1 cm³/mol. The van der Waals surface area contributed by atoms with Gasteiger partial charge in [0.1, 0.15) is 0 Å². The Hall–Kier alpha value is -0.237. The Morgan fingerprint density at radius 1 is 1.33 bits per heavy atom. The van der Waals surface area contributed by atoms with Crippen LogP contribution in [0.15, 0.2) is 37.0 Å². The molecule has 0 saturated heterocycles. The van der Waals surface area contributed by atoms with E-state index in [1.807, 2.05) is 0 Å². The van der Waals surface area contributed by atoms with Crippen LogP contribution in [0, 0.1) is 0 Å². The van der Waals surface area contributed by atoms with Gasteiger partial charge in [-0.25, -0.2) is 0 Å². The molecule has 1 unspecified atom stereocenters. The Bertz CT molecular complexity index is 230. The molecule has 0 aromatic carbocycles. The summed E-state index contributed by atoms with van der Waals surface area (Å²) < 4.78 is 0.342. The van der Waals surface area contributed by atoms with Crippen molar-refractivity contribution in [3.63, 3.8) is 0 Å². The molecule has 0 spiro atoms. The Morgan fingerprint density at radius 2 is 2.00 bits per heavy atom. The average molecular weight is 223 g/mol. The standard InChI is InChI=1S/C11H18Ge/c1-5-11(12(2,3)4)9-7-6-8-10-11/h5-9H,1,10H2,2-4H3. The van der Waals surface area contributed by atoms with Crippen LogP contribution in [0.2, 0.25) is 21.5 Å². The molecular formula is C11H18Ge. The van der Waals surface area contributed by atoms with Crippen LogP contribution < -0.4 is 0 Å². The Labute approximate surface area is 78.4 Å². The minimum absolute atomic E-state index is 0.342. The van der Waals surface area contributed by atoms with Gasteiger partial charge in [-0.2, -0.15) is 0 Å². The third-order valence-corrected chi connectivity index (χ3v) is 9.92. The van der Waals surface area contributed by atoms with Gasteiger partial charge in [0.15, 0.2) is 0 Å². The third-order valence-electron chi connectivity index (χ3n) is 2.86. The molecule has 0 nitrogen and oxygen atoms in total. The summed E-state index contributed by atoms with van der Waals surface area (Å²) in [6.45, 7) is 3.98. The van der Waals surface area contributed by atoms with Crippen molar-refractivity contribution in [3.8, 4) is 0 Å². The zero-order chi connectivity index (χ0) is 9.24. The second kappa shape index (κ2) is 3.25. The Kier molecular flexibility index (Phi) is 2.67. The van der Waals surface area contributed by atoms with Crippen LogP contribution in [0.3, 0.4) is 0 Å². The molecule has 1 atom stereocenters. The average Bonchev–Trinajstić information content (AvgIpc) is 2.04. The molecule has 0 fully saturated rings. The summed E-state index contributed by atoms with van der Waals surface area (Å²) in [4.78, 5) is 0. The van der Waals surface area contributed by atoms with Crippen LogP contribution in [0.4, 0.5) is 0 Å². The van der Waals surface area contributed by atoms with Gasteiger partial charge < -0.3 is 0 Å². The van der Waals surface area contributed by atoms with Gasteiger partial charge in [0.05, 0.1) is 0 Å². The van der Waals surface area contributed by atoms with Crippen LogP contribution in [0.1, 0.15) is 6.42 Å². The molecule has 66 valence electrons. The first kappa shape index (κ1) is 9.85. The van der Waals surface area contributed by atoms with Crippen LogP contribution in [0.25, 0.3) is 0 Å². The maximum absolute atomic E-state index is 3.98. The van der Waals surface area contributed by atoms with Crippen molar-refractivity contribution in [1.29, 1.82) is 0 Å². The van der Waals surface area contributed by atoms with E-state index in [1.54, 1.807) is 0 Å². The number of hydrogen-bond donors (Lipinski definition) is 0. The number of rotatable bonds is 2. The second-order valence-corrected chi connectivity index (χ2v) is 15.9. The maximum atomic E-state index is 3.98. The Balaban J connectivity index is 2.99. The van der Waals surface area contributed by atoms with Crippen LogP contribution in [-0.2, 0) is 0 Å². The van der Waals surface area contributed by atoms with Gasteiger partial charge in [0.2, 0.25) is 0 Å². The fourth-order valence-corrected chi connectivity index (χ4v) is 5.72. The van der Waals surface area contributed by atoms with Crippen molar-refractivity contribution in [1.82, 2.24) is 0 Å². The summed E-state index contributed by atoms with van der Waals surface area (Å²) in [7, 11) is 0. The predicted octanol–water partition coefficient (Wildman–Crippen LogP) is 3.77. The normalized spacial score (nSPS) is 28.9. The van der Waals surface area contributed by atoms with E-state index in [4.69, 9.17) is 0 Å². The molecule has 0 aromatic heterocycles. The fourth-order valence-electron chi connectivity index (χ4n) is 1.65. The molecule has 12 heavy (non-hydrogen) atoms. The molecule has 0 amide bonds. The molecule has 0 radical (unpaired) electrons. The number of allylic oxidation sites excluding steroid dienone is 5. The van der Waals surface area contributed by atoms with Crippen LogP contribution >= 0.6 is 0 Å². The van der Waals surface area contributed by atoms with Gasteiger partial charge in [0, 0.05) is 0 Å². The molecule has 0 aliphatic heterocycles. The van der Waals surface area contributed by atoms with E-state index in [-0.39, 0.29) is 0 Å². The minimum atomic E-state index is -1.66. The Morgan fingerprint density at radius 3 is 2.25 bits per heavy atom. The first-order chi connectivity index (χ1) is 5.52. The van der Waals surface area contributed by atoms with E-state index in [2.05, 4.69) is 54.2 Å². The van der Waals surface area contributed by atoms with E-state index in [0.717, 1.165) is 6.42 Å². The topological polar surface area (TPSA) is 0 Å². The van der Waals surface area contributed by atoms with E-state index < -0.39 is 13.3 Å². The van der Waals surface area contributed by atoms with Gasteiger partial charge >= 0.3 is 78.2 Å². The fraction of sp³-hybridized carbons (Fsp3) is 0.455. The summed E-state index contributed by atoms with van der Waals surface area (Å²) in [6, 6.07) is 0. The molecule has 1 heteroatoms. The van der Waals surface area contributed by atoms with Gasteiger partial charge in [-0.05, 0) is 0 Å². The van der Waals surface area contributed by atoms with Crippen LogP contribution in [-0.4, -0.2) is 13.3 Å². The van der Waals surface area contributed by atoms with E-state index in [9.17, 15) is 0 Å². The van der Waals surface area contributed by atoms with E-state index >= 15 is 0 Å². The molecule has 1 rings (SSSR count). The van der Waals surface area contributed by atoms with Crippen molar-refractivity contribution in [2.75, 3.05) is 0 Å². The molecule has 1 aliphatic carbocycles. The van der Waals surface area contributed by atoms with E-state index in [0.29, 0.717) is 4.25 Å². The summed E-state index contributed by atoms with van der Waals surface area (Å²) in [5.41, 5.74) is 0. The van der Waals surface area contributed by atoms with Gasteiger partial charge in [0.25, 0.3) is 0 Å². The molecular weight excluding hydrogens is 205 g/mol. The second-order valence-electron chi connectivity index (χ2n) is 4.49. The molecule has 0 saturated carbocycles. The van der Waals surface area contributed by atoms with Gasteiger partial charge in [-0.15, -0.1) is 0 Å². The quantitative estimate of drug-likeness (QED) is 0.493. The number of hydrogen-bond acceptors (Lipinski definition) is 0. The SMILES string of the molecule is C=C[C]1([Ge]([CH3])([CH3])[CH3])C=CC=CC1. The molecule has 0 bridgehead atoms. The summed E-state index contributed by atoms with van der Waals surface area (Å²) >= 11 is -1.66. The van der Waals surface area contributed by atoms with Gasteiger partial charge in [-0.3, -0.25) is 0 Å². The summed E-state index contributed by atoms with van der Waals surface area (Å²) in [5, 5.41) is 0. The first-order valence-corrected chi connectivity index (χ1v) is 11.8. The van der Waals surface area contributed by atoms with Crippen LogP contribution in [0.5, 0.6) is 0 Å². The monoisotopic (exact) mass is 224 g/mol. The van der Waals surface area contributed by atoms with Crippen molar-refractivity contribution in [2.24, 2.45) is 0 Å². The van der Waals surface area contributed by atoms with Crippen molar-refractivity contribution in [2.45, 2.75) is 27.9 Å². The third kappa shape index (κ3) is 1.58. The summed E-state index contributed by atoms with van der Waals surface area (Å²) in [6.07, 6.45) is 12.2. The zero-order valence-corrected chi connectivity index (χ0v) is 10.4. The molecule has 0 aromatic rings. The molecule has 0 N–H and O–H groups in total. The molecule has 0 heterocycles. The first-order valence-electron chi connectivity index (χ1n) is 4.50. The van der Waals surface area contributed by atoms with Gasteiger partial charge in [-0.1, -0.05) is 0 Å². The van der Waals surface area contributed by atoms with Crippen molar-refractivity contribution >= 4 is 13.3 Å². The van der Waals surface area contributed by atoms with Crippen molar-refractivity contribution < 1.29 is 0 Å². The molecule has 1 aliphatic rings.